The number of hydrogen-bond donors (Lipinski definition) is 2. The third kappa shape index (κ3) is 3.05. The minimum atomic E-state index is -1.09. The van der Waals surface area contributed by atoms with E-state index in [0.29, 0.717) is 16.8 Å². The highest BCUT2D eigenvalue weighted by molar-refractivity contribution is 5.82. The van der Waals surface area contributed by atoms with E-state index >= 15 is 0 Å². The van der Waals surface area contributed by atoms with E-state index in [0.717, 1.165) is 0 Å². The maximum atomic E-state index is 11.2. The highest BCUT2D eigenvalue weighted by Crippen LogP contribution is 2.23. The molecule has 2 aromatic rings. The molecule has 1 aromatic heterocycles. The molecule has 7 nitrogen and oxygen atoms in total. The van der Waals surface area contributed by atoms with E-state index in [-0.39, 0.29) is 18.7 Å². The van der Waals surface area contributed by atoms with Gasteiger partial charge in [-0.2, -0.15) is 0 Å². The first-order valence-electron chi connectivity index (χ1n) is 5.94. The van der Waals surface area contributed by atoms with Crippen molar-refractivity contribution in [1.82, 2.24) is 4.98 Å². The third-order valence-corrected chi connectivity index (χ3v) is 2.88. The standard InChI is InChI=1S/C13H14N2O5/c1-19-8-2-3-10-9(6-8)15-11(20-10)4-7(13(14)18)5-12(16)17/h2-3,6-7H,4-5H2,1H3,(H2,14,18)(H,16,17). The second kappa shape index (κ2) is 5.60. The van der Waals surface area contributed by atoms with Crippen LogP contribution in [0.15, 0.2) is 22.6 Å². The normalized spacial score (nSPS) is 12.2. The lowest BCUT2D eigenvalue weighted by atomic mass is 10.0. The first-order chi connectivity index (χ1) is 9.49. The molecule has 1 amide bonds. The molecule has 1 heterocycles. The number of ether oxygens (including phenoxy) is 1. The smallest absolute Gasteiger partial charge is 0.304 e. The van der Waals surface area contributed by atoms with Crippen molar-refractivity contribution < 1.29 is 23.8 Å². The lowest BCUT2D eigenvalue weighted by Gasteiger charge is -2.07. The Morgan fingerprint density at radius 3 is 2.85 bits per heavy atom. The van der Waals surface area contributed by atoms with Crippen LogP contribution in [-0.2, 0) is 16.0 Å². The topological polar surface area (TPSA) is 116 Å². The number of aromatic nitrogens is 1. The van der Waals surface area contributed by atoms with Crippen LogP contribution in [0.4, 0.5) is 0 Å². The fourth-order valence-electron chi connectivity index (χ4n) is 1.86. The van der Waals surface area contributed by atoms with Gasteiger partial charge in [-0.15, -0.1) is 0 Å². The summed E-state index contributed by atoms with van der Waals surface area (Å²) < 4.78 is 10.5. The molecule has 1 atom stereocenters. The summed E-state index contributed by atoms with van der Waals surface area (Å²) in [5.41, 5.74) is 6.30. The quantitative estimate of drug-likeness (QED) is 0.812. The van der Waals surface area contributed by atoms with Gasteiger partial charge in [-0.3, -0.25) is 9.59 Å². The molecule has 0 fully saturated rings. The summed E-state index contributed by atoms with van der Waals surface area (Å²) in [4.78, 5) is 26.1. The Bertz CT molecular complexity index is 649. The van der Waals surface area contributed by atoms with E-state index in [1.165, 1.54) is 7.11 Å². The third-order valence-electron chi connectivity index (χ3n) is 2.88. The number of fused-ring (bicyclic) bond motifs is 1. The molecular formula is C13H14N2O5. The monoisotopic (exact) mass is 278 g/mol. The lowest BCUT2D eigenvalue weighted by Crippen LogP contribution is -2.27. The minimum absolute atomic E-state index is 0.0542. The molecule has 0 saturated heterocycles. The minimum Gasteiger partial charge on any atom is -0.497 e. The second-order valence-electron chi connectivity index (χ2n) is 4.34. The maximum absolute atomic E-state index is 11.2. The molecule has 0 aliphatic rings. The zero-order valence-corrected chi connectivity index (χ0v) is 10.8. The highest BCUT2D eigenvalue weighted by atomic mass is 16.5. The number of benzene rings is 1. The summed E-state index contributed by atoms with van der Waals surface area (Å²) in [5, 5.41) is 8.74. The van der Waals surface area contributed by atoms with Crippen molar-refractivity contribution in [3.05, 3.63) is 24.1 Å². The van der Waals surface area contributed by atoms with Crippen molar-refractivity contribution in [1.29, 1.82) is 0 Å². The molecule has 0 aliphatic carbocycles. The van der Waals surface area contributed by atoms with Crippen molar-refractivity contribution in [2.75, 3.05) is 7.11 Å². The van der Waals surface area contributed by atoms with Crippen LogP contribution < -0.4 is 10.5 Å². The zero-order valence-electron chi connectivity index (χ0n) is 10.8. The maximum Gasteiger partial charge on any atom is 0.304 e. The van der Waals surface area contributed by atoms with E-state index < -0.39 is 17.8 Å². The van der Waals surface area contributed by atoms with Gasteiger partial charge in [0.1, 0.15) is 11.3 Å². The largest absolute Gasteiger partial charge is 0.497 e. The van der Waals surface area contributed by atoms with Gasteiger partial charge in [0.25, 0.3) is 0 Å². The van der Waals surface area contributed by atoms with E-state index in [1.807, 2.05) is 0 Å². The summed E-state index contributed by atoms with van der Waals surface area (Å²) in [7, 11) is 1.54. The van der Waals surface area contributed by atoms with E-state index in [4.69, 9.17) is 20.0 Å². The number of carboxylic acids is 1. The molecule has 1 unspecified atom stereocenters. The van der Waals surface area contributed by atoms with Gasteiger partial charge in [0, 0.05) is 12.5 Å². The number of hydrogen-bond acceptors (Lipinski definition) is 5. The fourth-order valence-corrected chi connectivity index (χ4v) is 1.86. The van der Waals surface area contributed by atoms with Crippen LogP contribution >= 0.6 is 0 Å². The van der Waals surface area contributed by atoms with Crippen LogP contribution in [0.25, 0.3) is 11.1 Å². The Balaban J connectivity index is 2.23. The van der Waals surface area contributed by atoms with Crippen molar-refractivity contribution in [3.63, 3.8) is 0 Å². The zero-order chi connectivity index (χ0) is 14.7. The van der Waals surface area contributed by atoms with E-state index in [2.05, 4.69) is 4.98 Å². The molecule has 20 heavy (non-hydrogen) atoms. The number of carboxylic acid groups (broad SMARTS) is 1. The molecular weight excluding hydrogens is 264 g/mol. The van der Waals surface area contributed by atoms with Crippen molar-refractivity contribution >= 4 is 23.0 Å². The Morgan fingerprint density at radius 2 is 2.25 bits per heavy atom. The first-order valence-corrected chi connectivity index (χ1v) is 5.94. The summed E-state index contributed by atoms with van der Waals surface area (Å²) in [6.07, 6.45) is -0.296. The number of nitrogens with two attached hydrogens (primary N) is 1. The average Bonchev–Trinajstić information content (AvgIpc) is 2.78. The predicted octanol–water partition coefficient (Wildman–Crippen LogP) is 0.955. The van der Waals surface area contributed by atoms with Gasteiger partial charge in [-0.25, -0.2) is 4.98 Å². The number of primary amides is 1. The van der Waals surface area contributed by atoms with Gasteiger partial charge < -0.3 is 20.0 Å². The van der Waals surface area contributed by atoms with Crippen molar-refractivity contribution in [2.45, 2.75) is 12.8 Å². The lowest BCUT2D eigenvalue weighted by molar-refractivity contribution is -0.140. The Kier molecular flexibility index (Phi) is 3.88. The van der Waals surface area contributed by atoms with Crippen LogP contribution in [0.3, 0.4) is 0 Å². The molecule has 0 aliphatic heterocycles. The molecule has 3 N–H and O–H groups in total. The number of nitrogens with zero attached hydrogens (tertiary/aromatic N) is 1. The summed E-state index contributed by atoms with van der Waals surface area (Å²) in [6, 6.07) is 5.11. The molecule has 0 radical (unpaired) electrons. The molecule has 0 saturated carbocycles. The molecule has 7 heteroatoms. The van der Waals surface area contributed by atoms with Gasteiger partial charge in [0.2, 0.25) is 5.91 Å². The van der Waals surface area contributed by atoms with Crippen molar-refractivity contribution in [2.24, 2.45) is 11.7 Å². The van der Waals surface area contributed by atoms with Crippen LogP contribution in [0.5, 0.6) is 5.75 Å². The van der Waals surface area contributed by atoms with Crippen LogP contribution in [0.1, 0.15) is 12.3 Å². The Labute approximate surface area is 114 Å². The molecule has 2 rings (SSSR count). The van der Waals surface area contributed by atoms with Crippen LogP contribution in [-0.4, -0.2) is 29.1 Å². The predicted molar refractivity (Wildman–Crippen MR) is 69.2 cm³/mol. The number of oxazole rings is 1. The van der Waals surface area contributed by atoms with E-state index in [1.54, 1.807) is 18.2 Å². The van der Waals surface area contributed by atoms with Gasteiger partial charge in [-0.1, -0.05) is 0 Å². The number of aliphatic carboxylic acids is 1. The molecule has 0 spiro atoms. The molecule has 0 bridgehead atoms. The number of carbonyl (C=O) groups is 2. The summed E-state index contributed by atoms with van der Waals surface area (Å²) in [5.74, 6) is -1.71. The SMILES string of the molecule is COc1ccc2oc(CC(CC(=O)O)C(N)=O)nc2c1. The van der Waals surface area contributed by atoms with Crippen LogP contribution in [0, 0.1) is 5.92 Å². The Hall–Kier alpha value is -2.57. The second-order valence-corrected chi connectivity index (χ2v) is 4.34. The number of amides is 1. The van der Waals surface area contributed by atoms with Crippen LogP contribution in [0.2, 0.25) is 0 Å². The summed E-state index contributed by atoms with van der Waals surface area (Å²) in [6.45, 7) is 0. The van der Waals surface area contributed by atoms with Crippen molar-refractivity contribution in [3.8, 4) is 5.75 Å². The number of rotatable bonds is 6. The molecule has 106 valence electrons. The van der Waals surface area contributed by atoms with Gasteiger partial charge in [-0.05, 0) is 12.1 Å². The summed E-state index contributed by atoms with van der Waals surface area (Å²) >= 11 is 0. The number of carbonyl (C=O) groups excluding carboxylic acids is 1. The van der Waals surface area contributed by atoms with Gasteiger partial charge >= 0.3 is 5.97 Å². The first kappa shape index (κ1) is 13.9. The Morgan fingerprint density at radius 1 is 1.50 bits per heavy atom. The van der Waals surface area contributed by atoms with E-state index in [9.17, 15) is 9.59 Å². The number of methoxy groups -OCH3 is 1. The van der Waals surface area contributed by atoms with Gasteiger partial charge in [0.15, 0.2) is 11.5 Å². The van der Waals surface area contributed by atoms with Gasteiger partial charge in [0.05, 0.1) is 19.4 Å². The average molecular weight is 278 g/mol. The fraction of sp³-hybridized carbons (Fsp3) is 0.308. The highest BCUT2D eigenvalue weighted by Gasteiger charge is 2.22. The molecule has 1 aromatic carbocycles.